The van der Waals surface area contributed by atoms with Crippen molar-refractivity contribution in [3.05, 3.63) is 82.7 Å². The predicted molar refractivity (Wildman–Crippen MR) is 148 cm³/mol. The molecule has 182 valence electrons. The summed E-state index contributed by atoms with van der Waals surface area (Å²) < 4.78 is 157. The molecule has 3 nitrogen and oxygen atoms in total. The van der Waals surface area contributed by atoms with E-state index in [2.05, 4.69) is 0 Å². The van der Waals surface area contributed by atoms with Crippen molar-refractivity contribution in [3.8, 4) is 22.4 Å². The Morgan fingerprint density at radius 2 is 1.97 bits per heavy atom. The summed E-state index contributed by atoms with van der Waals surface area (Å²) in [7, 11) is 1.47. The van der Waals surface area contributed by atoms with Crippen molar-refractivity contribution >= 4 is 22.1 Å². The van der Waals surface area contributed by atoms with Gasteiger partial charge in [0.05, 0.1) is 11.3 Å². The molecule has 0 saturated heterocycles. The molecule has 5 aromatic rings. The molecule has 0 spiro atoms. The van der Waals surface area contributed by atoms with Crippen molar-refractivity contribution in [2.45, 2.75) is 65.3 Å². The van der Waals surface area contributed by atoms with Crippen LogP contribution in [0.1, 0.15) is 98.7 Å². The second kappa shape index (κ2) is 8.03. The fourth-order valence-corrected chi connectivity index (χ4v) is 5.38. The minimum Gasteiger partial charge on any atom is -0.437 e. The first-order valence-electron chi connectivity index (χ1n) is 20.4. The highest BCUT2D eigenvalue weighted by Crippen LogP contribution is 2.53. The minimum atomic E-state index is -3.50. The first kappa shape index (κ1) is 10.5. The van der Waals surface area contributed by atoms with E-state index in [1.165, 1.54) is 17.7 Å². The van der Waals surface area contributed by atoms with E-state index in [0.29, 0.717) is 27.5 Å². The maximum absolute atomic E-state index is 9.04. The first-order chi connectivity index (χ1) is 24.4. The third kappa shape index (κ3) is 2.98. The molecule has 0 radical (unpaired) electrons. The Bertz CT molecular complexity index is 2310. The van der Waals surface area contributed by atoms with E-state index in [-0.39, 0.29) is 33.8 Å². The van der Waals surface area contributed by atoms with Crippen LogP contribution in [-0.4, -0.2) is 4.98 Å². The molecule has 0 N–H and O–H groups in total. The van der Waals surface area contributed by atoms with Crippen molar-refractivity contribution in [1.82, 2.24) is 4.98 Å². The van der Waals surface area contributed by atoms with Gasteiger partial charge in [0.15, 0.2) is 11.8 Å². The van der Waals surface area contributed by atoms with Crippen molar-refractivity contribution in [3.63, 3.8) is 0 Å². The van der Waals surface area contributed by atoms with Gasteiger partial charge < -0.3 is 4.42 Å². The molecule has 1 aliphatic rings. The molecule has 3 aromatic heterocycles. The van der Waals surface area contributed by atoms with E-state index >= 15 is 0 Å². The lowest BCUT2D eigenvalue weighted by Gasteiger charge is -2.28. The quantitative estimate of drug-likeness (QED) is 0.236. The predicted octanol–water partition coefficient (Wildman–Crippen LogP) is 8.30. The summed E-state index contributed by atoms with van der Waals surface area (Å²) in [5, 5.41) is 0.802. The Morgan fingerprint density at radius 3 is 2.78 bits per heavy atom. The zero-order valence-electron chi connectivity index (χ0n) is 37.7. The lowest BCUT2D eigenvalue weighted by molar-refractivity contribution is -0.660. The van der Waals surface area contributed by atoms with Crippen LogP contribution in [0.3, 0.4) is 0 Å². The van der Waals surface area contributed by atoms with Gasteiger partial charge in [-0.1, -0.05) is 63.8 Å². The van der Waals surface area contributed by atoms with Crippen LogP contribution in [0.2, 0.25) is 0 Å². The molecule has 36 heavy (non-hydrogen) atoms. The molecule has 0 saturated carbocycles. The fraction of sp³-hybridized carbons (Fsp3) is 0.333. The van der Waals surface area contributed by atoms with Gasteiger partial charge in [-0.3, -0.25) is 0 Å². The summed E-state index contributed by atoms with van der Waals surface area (Å²) in [6, 6.07) is 12.4. The summed E-state index contributed by atoms with van der Waals surface area (Å²) in [5.74, 6) is -3.37. The molecule has 1 aliphatic carbocycles. The first-order valence-corrected chi connectivity index (χ1v) is 11.4. The van der Waals surface area contributed by atoms with Crippen LogP contribution in [-0.2, 0) is 12.5 Å². The number of rotatable bonds is 4. The average Bonchev–Trinajstić information content (AvgIpc) is 3.50. The third-order valence-corrected chi connectivity index (χ3v) is 7.20. The van der Waals surface area contributed by atoms with E-state index in [9.17, 15) is 0 Å². The number of benzene rings is 2. The average molecular weight is 494 g/mol. The highest BCUT2D eigenvalue weighted by molar-refractivity contribution is 6.10. The van der Waals surface area contributed by atoms with Gasteiger partial charge in [-0.25, -0.2) is 9.55 Å². The summed E-state index contributed by atoms with van der Waals surface area (Å²) in [5.41, 5.74) is -2.11. The van der Waals surface area contributed by atoms with Gasteiger partial charge in [0.1, 0.15) is 7.05 Å². The maximum atomic E-state index is 9.04. The number of pyridine rings is 2. The zero-order chi connectivity index (χ0) is 40.6. The number of aryl methyl sites for hydroxylation is 3. The van der Waals surface area contributed by atoms with Gasteiger partial charge in [-0.05, 0) is 60.8 Å². The molecule has 0 fully saturated rings. The highest BCUT2D eigenvalue weighted by atomic mass is 16.3. The van der Waals surface area contributed by atoms with Crippen LogP contribution in [0.25, 0.3) is 44.5 Å². The van der Waals surface area contributed by atoms with Crippen LogP contribution >= 0.6 is 0 Å². The monoisotopic (exact) mass is 493 g/mol. The van der Waals surface area contributed by atoms with Crippen LogP contribution in [0.15, 0.2) is 59.1 Å². The summed E-state index contributed by atoms with van der Waals surface area (Å²) in [6.07, 6.45) is -2.98. The molecule has 1 atom stereocenters. The Morgan fingerprint density at radius 1 is 1.08 bits per heavy atom. The summed E-state index contributed by atoms with van der Waals surface area (Å²) in [6.45, 7) is -14.5. The molecule has 2 aromatic carbocycles. The minimum absolute atomic E-state index is 0.0960. The number of furan rings is 1. The summed E-state index contributed by atoms with van der Waals surface area (Å²) >= 11 is 0. The van der Waals surface area contributed by atoms with Crippen molar-refractivity contribution in [2.24, 2.45) is 7.05 Å². The molecule has 6 rings (SSSR count). The smallest absolute Gasteiger partial charge is 0.227 e. The Labute approximate surface area is 239 Å². The van der Waals surface area contributed by atoms with E-state index in [0.717, 1.165) is 12.3 Å². The standard InChI is InChI=1S/C33H35N2O/c1-8-33(9-2)27-13-11-10-12-22(27)25-16-26-23-15-14-20(5)29(30(23)36-32(26)34-31(25)33)28-17-24(19(3)4)21(6)18-35(28)7/h10-19H,8-9H2,1-7H3/q+1/i1D3,2D3,3D3,4D3,6D3,8D2,19D. The molecule has 0 amide bonds. The van der Waals surface area contributed by atoms with Gasteiger partial charge in [-0.15, -0.1) is 0 Å². The number of hydrogen-bond acceptors (Lipinski definition) is 2. The van der Waals surface area contributed by atoms with E-state index in [4.69, 9.17) is 34.1 Å². The second-order valence-electron chi connectivity index (χ2n) is 9.20. The second-order valence-corrected chi connectivity index (χ2v) is 9.20. The van der Waals surface area contributed by atoms with Crippen LogP contribution in [0.4, 0.5) is 0 Å². The van der Waals surface area contributed by atoms with Gasteiger partial charge >= 0.3 is 0 Å². The van der Waals surface area contributed by atoms with Crippen molar-refractivity contribution in [2.75, 3.05) is 0 Å². The Kier molecular flexibility index (Phi) is 2.34. The van der Waals surface area contributed by atoms with E-state index in [1.54, 1.807) is 43.3 Å². The normalized spacial score (nSPS) is 26.6. The zero-order valence-corrected chi connectivity index (χ0v) is 19.7. The van der Waals surface area contributed by atoms with Gasteiger partial charge in [0.25, 0.3) is 0 Å². The van der Waals surface area contributed by atoms with Crippen molar-refractivity contribution < 1.29 is 33.7 Å². The molecular formula is C33H35N2O+. The van der Waals surface area contributed by atoms with Crippen molar-refractivity contribution in [1.29, 1.82) is 0 Å². The van der Waals surface area contributed by atoms with Crippen LogP contribution in [0.5, 0.6) is 0 Å². The summed E-state index contributed by atoms with van der Waals surface area (Å²) in [4.78, 5) is 4.71. The van der Waals surface area contributed by atoms with Crippen LogP contribution in [0, 0.1) is 13.8 Å². The lowest BCUT2D eigenvalue weighted by Crippen LogP contribution is -2.32. The number of fused-ring (bicyclic) bond motifs is 6. The lowest BCUT2D eigenvalue weighted by atomic mass is 9.76. The molecule has 0 bridgehead atoms. The Hall–Kier alpha value is -3.46. The molecular weight excluding hydrogens is 440 g/mol. The van der Waals surface area contributed by atoms with Gasteiger partial charge in [0, 0.05) is 58.1 Å². The number of hydrogen-bond donors (Lipinski definition) is 0. The number of nitrogens with zero attached hydrogens (tertiary/aromatic N) is 2. The SMILES string of the molecule is [2H]C([2H])([2H])CC1(C([2H])([2H])C([2H])([2H])[2H])c2ccccc2-c2cc3c(nc21)oc1c(-c2cc(C([2H])(C([2H])([2H])[2H])C([2H])([2H])[2H])c(C([2H])([2H])[2H])c[n+]2C)c(C)ccc13. The third-order valence-electron chi connectivity index (χ3n) is 7.20. The molecule has 1 unspecified atom stereocenters. The topological polar surface area (TPSA) is 29.9 Å². The van der Waals surface area contributed by atoms with Gasteiger partial charge in [-0.2, -0.15) is 0 Å². The maximum Gasteiger partial charge on any atom is 0.227 e. The fourth-order valence-electron chi connectivity index (χ4n) is 5.38. The van der Waals surface area contributed by atoms with E-state index in [1.807, 2.05) is 0 Å². The Balaban J connectivity index is 1.73. The molecule has 0 aliphatic heterocycles. The van der Waals surface area contributed by atoms with Crippen LogP contribution < -0.4 is 4.57 Å². The van der Waals surface area contributed by atoms with E-state index < -0.39 is 69.5 Å². The largest absolute Gasteiger partial charge is 0.437 e. The molecule has 3 heteroatoms. The van der Waals surface area contributed by atoms with Gasteiger partial charge in [0.2, 0.25) is 11.4 Å². The highest BCUT2D eigenvalue weighted by Gasteiger charge is 2.42. The number of aromatic nitrogens is 2. The molecule has 3 heterocycles.